The van der Waals surface area contributed by atoms with E-state index >= 15 is 0 Å². The minimum Gasteiger partial charge on any atom is -0.497 e. The second-order valence-corrected chi connectivity index (χ2v) is 2.24. The summed E-state index contributed by atoms with van der Waals surface area (Å²) in [6.07, 6.45) is 0. The Morgan fingerprint density at radius 3 is 3.08 bits per heavy atom. The van der Waals surface area contributed by atoms with Crippen LogP contribution in [0.2, 0.25) is 0 Å². The van der Waals surface area contributed by atoms with E-state index in [1.165, 1.54) is 0 Å². The molecule has 0 bridgehead atoms. The normalized spacial score (nSPS) is 8.67. The summed E-state index contributed by atoms with van der Waals surface area (Å²) in [5.41, 5.74) is 0.899. The van der Waals surface area contributed by atoms with Crippen LogP contribution < -0.4 is 10.1 Å². The number of nitrogens with zero attached hydrogens (tertiary/aromatic N) is 1. The van der Waals surface area contributed by atoms with E-state index in [0.717, 1.165) is 11.4 Å². The van der Waals surface area contributed by atoms with Crippen molar-refractivity contribution < 1.29 is 4.74 Å². The van der Waals surface area contributed by atoms with Crippen LogP contribution in [0.4, 0.5) is 5.69 Å². The maximum Gasteiger partial charge on any atom is 0.120 e. The maximum atomic E-state index is 8.31. The van der Waals surface area contributed by atoms with Crippen molar-refractivity contribution in [2.24, 2.45) is 0 Å². The van der Waals surface area contributed by atoms with Gasteiger partial charge >= 0.3 is 0 Å². The number of hydrogen-bond donors (Lipinski definition) is 1. The van der Waals surface area contributed by atoms with Gasteiger partial charge in [-0.05, 0) is 12.1 Å². The quantitative estimate of drug-likeness (QED) is 0.687. The lowest BCUT2D eigenvalue weighted by Gasteiger charge is -2.03. The minimum atomic E-state index is 0.313. The van der Waals surface area contributed by atoms with Crippen LogP contribution in [0.1, 0.15) is 0 Å². The molecule has 0 aliphatic heterocycles. The summed E-state index contributed by atoms with van der Waals surface area (Å²) >= 11 is 0. The Morgan fingerprint density at radius 1 is 1.58 bits per heavy atom. The van der Waals surface area contributed by atoms with Crippen LogP contribution in [0.25, 0.3) is 0 Å². The molecular formula is C9H10N2O. The van der Waals surface area contributed by atoms with Crippen molar-refractivity contribution in [3.8, 4) is 11.8 Å². The molecule has 1 aromatic rings. The van der Waals surface area contributed by atoms with E-state index in [4.69, 9.17) is 10.00 Å². The second-order valence-electron chi connectivity index (χ2n) is 2.24. The molecule has 0 unspecified atom stereocenters. The summed E-state index contributed by atoms with van der Waals surface area (Å²) in [5.74, 6) is 0.790. The molecule has 0 radical (unpaired) electrons. The molecule has 1 rings (SSSR count). The monoisotopic (exact) mass is 162 g/mol. The van der Waals surface area contributed by atoms with Gasteiger partial charge in [0.1, 0.15) is 12.3 Å². The molecule has 0 heterocycles. The molecule has 3 heteroatoms. The third-order valence-electron chi connectivity index (χ3n) is 1.44. The van der Waals surface area contributed by atoms with Crippen LogP contribution in [0.15, 0.2) is 24.3 Å². The van der Waals surface area contributed by atoms with Crippen LogP contribution in [-0.2, 0) is 0 Å². The highest BCUT2D eigenvalue weighted by Crippen LogP contribution is 2.15. The number of anilines is 1. The van der Waals surface area contributed by atoms with Gasteiger partial charge in [0.25, 0.3) is 0 Å². The molecule has 1 aromatic carbocycles. The van der Waals surface area contributed by atoms with E-state index in [0.29, 0.717) is 6.54 Å². The summed E-state index contributed by atoms with van der Waals surface area (Å²) in [5, 5.41) is 11.2. The third-order valence-corrected chi connectivity index (χ3v) is 1.44. The molecule has 0 fully saturated rings. The summed E-state index contributed by atoms with van der Waals surface area (Å²) in [7, 11) is 1.61. The Bertz CT molecular complexity index is 291. The minimum absolute atomic E-state index is 0.313. The molecule has 0 saturated heterocycles. The lowest BCUT2D eigenvalue weighted by atomic mass is 10.3. The predicted octanol–water partition coefficient (Wildman–Crippen LogP) is 1.63. The molecule has 0 atom stereocenters. The van der Waals surface area contributed by atoms with Gasteiger partial charge in [0.15, 0.2) is 0 Å². The first-order valence-corrected chi connectivity index (χ1v) is 3.61. The van der Waals surface area contributed by atoms with Crippen molar-refractivity contribution in [1.82, 2.24) is 0 Å². The van der Waals surface area contributed by atoms with Gasteiger partial charge in [0, 0.05) is 11.8 Å². The van der Waals surface area contributed by atoms with Crippen LogP contribution in [0.5, 0.6) is 5.75 Å². The summed E-state index contributed by atoms with van der Waals surface area (Å²) in [6.45, 7) is 0.313. The number of nitrogens with one attached hydrogen (secondary N) is 1. The molecule has 12 heavy (non-hydrogen) atoms. The van der Waals surface area contributed by atoms with Gasteiger partial charge in [-0.3, -0.25) is 0 Å². The standard InChI is InChI=1S/C9H10N2O/c1-12-9-4-2-3-8(7-9)11-6-5-10/h2-4,7,11H,6H2,1H3. The summed E-state index contributed by atoms with van der Waals surface area (Å²) in [6, 6.07) is 9.47. The molecule has 0 aromatic heterocycles. The first kappa shape index (κ1) is 8.41. The maximum absolute atomic E-state index is 8.31. The zero-order chi connectivity index (χ0) is 8.81. The van der Waals surface area contributed by atoms with E-state index in [2.05, 4.69) is 5.32 Å². The van der Waals surface area contributed by atoms with E-state index in [1.807, 2.05) is 30.3 Å². The fourth-order valence-electron chi connectivity index (χ4n) is 0.875. The Morgan fingerprint density at radius 2 is 2.42 bits per heavy atom. The van der Waals surface area contributed by atoms with E-state index in [1.54, 1.807) is 7.11 Å². The van der Waals surface area contributed by atoms with Gasteiger partial charge in [-0.2, -0.15) is 5.26 Å². The Balaban J connectivity index is 2.67. The van der Waals surface area contributed by atoms with Crippen molar-refractivity contribution in [3.63, 3.8) is 0 Å². The first-order valence-electron chi connectivity index (χ1n) is 3.61. The number of benzene rings is 1. The molecule has 1 N–H and O–H groups in total. The number of methoxy groups -OCH3 is 1. The highest BCUT2D eigenvalue weighted by molar-refractivity contribution is 5.48. The Labute approximate surface area is 71.6 Å². The molecular weight excluding hydrogens is 152 g/mol. The van der Waals surface area contributed by atoms with Gasteiger partial charge in [-0.15, -0.1) is 0 Å². The Kier molecular flexibility index (Phi) is 2.97. The van der Waals surface area contributed by atoms with E-state index < -0.39 is 0 Å². The van der Waals surface area contributed by atoms with Crippen LogP contribution in [0.3, 0.4) is 0 Å². The van der Waals surface area contributed by atoms with Crippen LogP contribution in [0, 0.1) is 11.3 Å². The van der Waals surface area contributed by atoms with Crippen molar-refractivity contribution in [1.29, 1.82) is 5.26 Å². The molecule has 0 amide bonds. The highest BCUT2D eigenvalue weighted by atomic mass is 16.5. The fourth-order valence-corrected chi connectivity index (χ4v) is 0.875. The molecule has 0 aliphatic carbocycles. The predicted molar refractivity (Wildman–Crippen MR) is 47.1 cm³/mol. The van der Waals surface area contributed by atoms with Crippen molar-refractivity contribution in [2.75, 3.05) is 19.0 Å². The third kappa shape index (κ3) is 2.17. The number of hydrogen-bond acceptors (Lipinski definition) is 3. The topological polar surface area (TPSA) is 45.0 Å². The van der Waals surface area contributed by atoms with Gasteiger partial charge in [-0.25, -0.2) is 0 Å². The zero-order valence-corrected chi connectivity index (χ0v) is 6.87. The molecule has 3 nitrogen and oxygen atoms in total. The summed E-state index contributed by atoms with van der Waals surface area (Å²) < 4.78 is 5.01. The number of ether oxygens (including phenoxy) is 1. The van der Waals surface area contributed by atoms with Crippen LogP contribution in [-0.4, -0.2) is 13.7 Å². The SMILES string of the molecule is COc1cccc(NCC#N)c1. The number of nitriles is 1. The van der Waals surface area contributed by atoms with Gasteiger partial charge in [0.2, 0.25) is 0 Å². The lowest BCUT2D eigenvalue weighted by molar-refractivity contribution is 0.415. The van der Waals surface area contributed by atoms with Gasteiger partial charge < -0.3 is 10.1 Å². The first-order chi connectivity index (χ1) is 5.86. The van der Waals surface area contributed by atoms with Gasteiger partial charge in [0.05, 0.1) is 13.2 Å². The molecule has 62 valence electrons. The molecule has 0 spiro atoms. The van der Waals surface area contributed by atoms with E-state index in [9.17, 15) is 0 Å². The molecule has 0 saturated carbocycles. The lowest BCUT2D eigenvalue weighted by Crippen LogP contribution is -1.97. The van der Waals surface area contributed by atoms with Crippen molar-refractivity contribution >= 4 is 5.69 Å². The van der Waals surface area contributed by atoms with Crippen molar-refractivity contribution in [3.05, 3.63) is 24.3 Å². The molecule has 0 aliphatic rings. The smallest absolute Gasteiger partial charge is 0.120 e. The number of rotatable bonds is 3. The zero-order valence-electron chi connectivity index (χ0n) is 6.87. The largest absolute Gasteiger partial charge is 0.497 e. The Hall–Kier alpha value is -1.69. The summed E-state index contributed by atoms with van der Waals surface area (Å²) in [4.78, 5) is 0. The van der Waals surface area contributed by atoms with Crippen LogP contribution >= 0.6 is 0 Å². The van der Waals surface area contributed by atoms with Crippen molar-refractivity contribution in [2.45, 2.75) is 0 Å². The van der Waals surface area contributed by atoms with E-state index in [-0.39, 0.29) is 0 Å². The average Bonchev–Trinajstić information content (AvgIpc) is 2.15. The second kappa shape index (κ2) is 4.24. The fraction of sp³-hybridized carbons (Fsp3) is 0.222. The highest BCUT2D eigenvalue weighted by Gasteiger charge is 1.92. The average molecular weight is 162 g/mol. The van der Waals surface area contributed by atoms with Gasteiger partial charge in [-0.1, -0.05) is 6.07 Å².